The molecular formula is C44H50BSm-. The van der Waals surface area contributed by atoms with E-state index in [0.717, 1.165) is 0 Å². The van der Waals surface area contributed by atoms with Crippen LogP contribution in [0.1, 0.15) is 69.2 Å². The number of rotatable bonds is 4. The zero-order valence-corrected chi connectivity index (χ0v) is 32.2. The Kier molecular flexibility index (Phi) is 14.8. The van der Waals surface area contributed by atoms with Gasteiger partial charge >= 0.3 is 0 Å². The van der Waals surface area contributed by atoms with Crippen molar-refractivity contribution in [3.63, 3.8) is 0 Å². The second-order valence-electron chi connectivity index (χ2n) is 12.8. The van der Waals surface area contributed by atoms with Crippen molar-refractivity contribution < 1.29 is 40.4 Å². The minimum absolute atomic E-state index is 0. The maximum absolute atomic E-state index is 2.26. The SMILES string of the molecule is C[C]1[C](C)[C](C)[C](C)[C]1C.C[C]1[C](C)[C](C)[C](C)[C]1C.[Sm].c1ccc([B-](c2ccccc2)(c2ccccc2)c2ccccc2)cc1. The Balaban J connectivity index is 0.000000227. The van der Waals surface area contributed by atoms with Gasteiger partial charge in [0, 0.05) is 40.4 Å². The predicted molar refractivity (Wildman–Crippen MR) is 199 cm³/mol. The molecule has 0 spiro atoms. The molecule has 2 fully saturated rings. The van der Waals surface area contributed by atoms with Crippen molar-refractivity contribution in [2.75, 3.05) is 0 Å². The van der Waals surface area contributed by atoms with E-state index in [1.165, 1.54) is 81.0 Å². The molecule has 0 saturated heterocycles. The first-order valence-electron chi connectivity index (χ1n) is 16.3. The largest absolute Gasteiger partial charge is 0.195 e. The maximum atomic E-state index is 2.26. The summed E-state index contributed by atoms with van der Waals surface area (Å²) >= 11 is 0. The van der Waals surface area contributed by atoms with E-state index in [2.05, 4.69) is 191 Å². The van der Waals surface area contributed by atoms with Crippen molar-refractivity contribution in [1.29, 1.82) is 0 Å². The average Bonchev–Trinajstić information content (AvgIpc) is 3.37. The van der Waals surface area contributed by atoms with E-state index < -0.39 is 6.15 Å². The van der Waals surface area contributed by atoms with Gasteiger partial charge in [0.2, 0.25) is 0 Å². The molecule has 0 aromatic heterocycles. The third-order valence-corrected chi connectivity index (χ3v) is 10.8. The molecule has 0 N–H and O–H groups in total. The Morgan fingerprint density at radius 3 is 0.500 bits per heavy atom. The van der Waals surface area contributed by atoms with Gasteiger partial charge in [-0.25, -0.2) is 0 Å². The first-order valence-corrected chi connectivity index (χ1v) is 16.3. The van der Waals surface area contributed by atoms with Crippen molar-refractivity contribution in [2.45, 2.75) is 69.2 Å². The molecule has 0 aliphatic heterocycles. The Morgan fingerprint density at radius 2 is 0.370 bits per heavy atom. The van der Waals surface area contributed by atoms with Crippen molar-refractivity contribution in [3.8, 4) is 0 Å². The van der Waals surface area contributed by atoms with Crippen LogP contribution in [0, 0.1) is 99.6 Å². The molecule has 0 nitrogen and oxygen atoms in total. The van der Waals surface area contributed by atoms with Gasteiger partial charge in [0.1, 0.15) is 6.15 Å². The quantitative estimate of drug-likeness (QED) is 0.184. The Hall–Kier alpha value is -1.72. The van der Waals surface area contributed by atoms with E-state index in [9.17, 15) is 0 Å². The number of benzene rings is 4. The summed E-state index contributed by atoms with van der Waals surface area (Å²) in [5.74, 6) is 14.7. The van der Waals surface area contributed by atoms with Crippen LogP contribution in [-0.4, -0.2) is 6.15 Å². The standard InChI is InChI=1S/C24H20B.2C10H15.Sm/c1-5-13-21(14-6-1)25(22-15-7-2-8-16-22,23-17-9-3-10-18-23)24-19-11-4-12-20-24;2*1-6-7(2)9(4)10(5)8(6)3;/h1-20H;2*1-5H3;/q-1;;;. The molecular weight excluding hydrogens is 690 g/mol. The van der Waals surface area contributed by atoms with Gasteiger partial charge in [-0.05, 0) is 59.2 Å². The summed E-state index contributed by atoms with van der Waals surface area (Å²) in [5.41, 5.74) is 5.36. The van der Waals surface area contributed by atoms with Crippen LogP contribution < -0.4 is 21.9 Å². The molecule has 0 heterocycles. The van der Waals surface area contributed by atoms with Crippen LogP contribution in [-0.2, 0) is 0 Å². The fourth-order valence-corrected chi connectivity index (χ4v) is 6.93. The van der Waals surface area contributed by atoms with Gasteiger partial charge in [-0.2, -0.15) is 21.9 Å². The molecule has 2 saturated carbocycles. The second-order valence-corrected chi connectivity index (χ2v) is 12.8. The van der Waals surface area contributed by atoms with E-state index in [0.29, 0.717) is 0 Å². The fraction of sp³-hybridized carbons (Fsp3) is 0.227. The second kappa shape index (κ2) is 17.6. The Morgan fingerprint density at radius 1 is 0.239 bits per heavy atom. The summed E-state index contributed by atoms with van der Waals surface area (Å²) in [6.45, 7) is 22.0. The smallest absolute Gasteiger partial charge is 0.108 e. The van der Waals surface area contributed by atoms with Gasteiger partial charge in [0.05, 0.1) is 0 Å². The zero-order valence-electron chi connectivity index (χ0n) is 29.5. The molecule has 10 radical (unpaired) electrons. The summed E-state index contributed by atoms with van der Waals surface area (Å²) in [7, 11) is 0. The van der Waals surface area contributed by atoms with Crippen molar-refractivity contribution in [2.24, 2.45) is 0 Å². The van der Waals surface area contributed by atoms with Gasteiger partial charge < -0.3 is 0 Å². The van der Waals surface area contributed by atoms with Gasteiger partial charge in [-0.3, -0.25) is 0 Å². The first-order chi connectivity index (χ1) is 21.5. The van der Waals surface area contributed by atoms with Crippen LogP contribution in [0.25, 0.3) is 0 Å². The van der Waals surface area contributed by atoms with Crippen LogP contribution in [0.3, 0.4) is 0 Å². The summed E-state index contributed by atoms with van der Waals surface area (Å²) in [5, 5.41) is 0. The van der Waals surface area contributed by atoms with Crippen LogP contribution in [0.4, 0.5) is 0 Å². The van der Waals surface area contributed by atoms with Gasteiger partial charge in [-0.1, -0.05) is 191 Å². The monoisotopic (exact) mass is 741 g/mol. The molecule has 2 heteroatoms. The van der Waals surface area contributed by atoms with E-state index in [1.807, 2.05) is 0 Å². The van der Waals surface area contributed by atoms with Crippen molar-refractivity contribution in [3.05, 3.63) is 181 Å². The molecule has 0 atom stereocenters. The topological polar surface area (TPSA) is 0 Å². The molecule has 2 aliphatic carbocycles. The molecule has 0 bridgehead atoms. The van der Waals surface area contributed by atoms with Gasteiger partial charge in [0.15, 0.2) is 0 Å². The number of hydrogen-bond donors (Lipinski definition) is 0. The molecule has 4 aromatic carbocycles. The Labute approximate surface area is 315 Å². The average molecular weight is 740 g/mol. The summed E-state index contributed by atoms with van der Waals surface area (Å²) in [6, 6.07) is 43.5. The Bertz CT molecular complexity index is 1120. The summed E-state index contributed by atoms with van der Waals surface area (Å²) < 4.78 is 0. The fourth-order valence-electron chi connectivity index (χ4n) is 6.93. The maximum Gasteiger partial charge on any atom is 0.108 e. The summed E-state index contributed by atoms with van der Waals surface area (Å²) in [6.07, 6.45) is -1.22. The van der Waals surface area contributed by atoms with Crippen molar-refractivity contribution in [1.82, 2.24) is 0 Å². The van der Waals surface area contributed by atoms with E-state index in [4.69, 9.17) is 0 Å². The minimum Gasteiger partial charge on any atom is -0.195 e. The van der Waals surface area contributed by atoms with E-state index >= 15 is 0 Å². The first kappa shape index (κ1) is 38.7. The molecule has 4 aromatic rings. The van der Waals surface area contributed by atoms with Crippen LogP contribution in [0.15, 0.2) is 121 Å². The number of hydrogen-bond acceptors (Lipinski definition) is 0. The molecule has 236 valence electrons. The third kappa shape index (κ3) is 8.11. The molecule has 0 unspecified atom stereocenters. The molecule has 0 amide bonds. The van der Waals surface area contributed by atoms with Crippen LogP contribution in [0.5, 0.6) is 0 Å². The van der Waals surface area contributed by atoms with Crippen LogP contribution >= 0.6 is 0 Å². The normalized spacial score (nSPS) is 18.5. The zero-order chi connectivity index (χ0) is 32.7. The third-order valence-electron chi connectivity index (χ3n) is 10.8. The van der Waals surface area contributed by atoms with Gasteiger partial charge in [0.25, 0.3) is 0 Å². The summed E-state index contributed by atoms with van der Waals surface area (Å²) in [4.78, 5) is 0. The van der Waals surface area contributed by atoms with Crippen LogP contribution in [0.2, 0.25) is 0 Å². The molecule has 6 rings (SSSR count). The van der Waals surface area contributed by atoms with E-state index in [1.54, 1.807) is 0 Å². The molecule has 2 aliphatic rings. The predicted octanol–water partition coefficient (Wildman–Crippen LogP) is 9.01. The minimum atomic E-state index is -1.22. The van der Waals surface area contributed by atoms with Gasteiger partial charge in [-0.15, -0.1) is 0 Å². The molecule has 46 heavy (non-hydrogen) atoms. The van der Waals surface area contributed by atoms with Crippen molar-refractivity contribution >= 4 is 28.0 Å². The van der Waals surface area contributed by atoms with E-state index in [-0.39, 0.29) is 40.4 Å².